The number of hydrogen-bond acceptors (Lipinski definition) is 4. The molecule has 4 rings (SSSR count). The molecule has 1 atom stereocenters. The maximum atomic E-state index is 13.0. The quantitative estimate of drug-likeness (QED) is 0.889. The number of carbonyl (C=O) groups excluding carboxylic acids is 1. The predicted molar refractivity (Wildman–Crippen MR) is 108 cm³/mol. The minimum Gasteiger partial charge on any atom is -0.328 e. The van der Waals surface area contributed by atoms with Crippen LogP contribution >= 0.6 is 0 Å². The summed E-state index contributed by atoms with van der Waals surface area (Å²) in [4.78, 5) is 37.8. The lowest BCUT2D eigenvalue weighted by Crippen LogP contribution is -2.40. The molecule has 0 bridgehead atoms. The van der Waals surface area contributed by atoms with Crippen LogP contribution in [0.3, 0.4) is 0 Å². The minimum atomic E-state index is -0.157. The summed E-state index contributed by atoms with van der Waals surface area (Å²) in [6.45, 7) is 8.56. The third kappa shape index (κ3) is 3.49. The molecule has 1 fully saturated rings. The molecule has 1 amide bonds. The van der Waals surface area contributed by atoms with E-state index in [0.717, 1.165) is 42.6 Å². The van der Waals surface area contributed by atoms with Gasteiger partial charge >= 0.3 is 0 Å². The monoisotopic (exact) mass is 380 g/mol. The number of aromatic nitrogens is 2. The van der Waals surface area contributed by atoms with E-state index in [9.17, 15) is 9.59 Å². The van der Waals surface area contributed by atoms with Crippen molar-refractivity contribution in [2.75, 3.05) is 13.1 Å². The summed E-state index contributed by atoms with van der Waals surface area (Å²) >= 11 is 0. The second-order valence-electron chi connectivity index (χ2n) is 8.21. The molecule has 1 aromatic heterocycles. The van der Waals surface area contributed by atoms with Gasteiger partial charge in [-0.1, -0.05) is 17.7 Å². The molecule has 6 heteroatoms. The molecule has 0 unspecified atom stereocenters. The van der Waals surface area contributed by atoms with E-state index in [1.54, 1.807) is 0 Å². The van der Waals surface area contributed by atoms with E-state index >= 15 is 0 Å². The predicted octanol–water partition coefficient (Wildman–Crippen LogP) is 2.82. The Hall–Kier alpha value is -2.47. The van der Waals surface area contributed by atoms with Gasteiger partial charge in [-0.15, -0.1) is 0 Å². The Kier molecular flexibility index (Phi) is 5.06. The number of fused-ring (bicyclic) bond motifs is 1. The fourth-order valence-electron chi connectivity index (χ4n) is 4.22. The van der Waals surface area contributed by atoms with Gasteiger partial charge < -0.3 is 9.88 Å². The number of carbonyl (C=O) groups is 1. The van der Waals surface area contributed by atoms with Crippen LogP contribution in [0.4, 0.5) is 0 Å². The Morgan fingerprint density at radius 3 is 2.68 bits per heavy atom. The first kappa shape index (κ1) is 18.9. The maximum Gasteiger partial charge on any atom is 0.255 e. The molecule has 2 aliphatic rings. The fraction of sp³-hybridized carbons (Fsp3) is 0.500. The molecular weight excluding hydrogens is 352 g/mol. The Balaban J connectivity index is 1.62. The summed E-state index contributed by atoms with van der Waals surface area (Å²) in [7, 11) is 0. The fourth-order valence-corrected chi connectivity index (χ4v) is 4.22. The SMILES string of the molecule is Cc1ccc(C(=O)N2CCC[C@H]2c2nc3c(c(=O)[nH]2)CN(C(C)C)CC3)cc1. The summed E-state index contributed by atoms with van der Waals surface area (Å²) in [5.41, 5.74) is 3.43. The van der Waals surface area contributed by atoms with Gasteiger partial charge in [-0.05, 0) is 45.7 Å². The maximum absolute atomic E-state index is 13.0. The third-order valence-corrected chi connectivity index (χ3v) is 5.97. The highest BCUT2D eigenvalue weighted by molar-refractivity contribution is 5.94. The van der Waals surface area contributed by atoms with Gasteiger partial charge in [0.2, 0.25) is 0 Å². The van der Waals surface area contributed by atoms with Crippen LogP contribution < -0.4 is 5.56 Å². The van der Waals surface area contributed by atoms with Gasteiger partial charge in [-0.25, -0.2) is 4.98 Å². The van der Waals surface area contributed by atoms with Crippen LogP contribution in [-0.4, -0.2) is 44.8 Å². The van der Waals surface area contributed by atoms with Crippen molar-refractivity contribution >= 4 is 5.91 Å². The minimum absolute atomic E-state index is 0.00820. The zero-order valence-electron chi connectivity index (χ0n) is 16.9. The molecule has 0 spiro atoms. The van der Waals surface area contributed by atoms with Crippen LogP contribution in [0.1, 0.15) is 65.7 Å². The molecule has 0 radical (unpaired) electrons. The second-order valence-corrected chi connectivity index (χ2v) is 8.21. The number of benzene rings is 1. The highest BCUT2D eigenvalue weighted by atomic mass is 16.2. The highest BCUT2D eigenvalue weighted by Crippen LogP contribution is 2.31. The largest absolute Gasteiger partial charge is 0.328 e. The van der Waals surface area contributed by atoms with Gasteiger partial charge in [-0.3, -0.25) is 14.5 Å². The summed E-state index contributed by atoms with van der Waals surface area (Å²) in [6, 6.07) is 7.91. The Labute approximate surface area is 165 Å². The van der Waals surface area contributed by atoms with Gasteiger partial charge in [0.25, 0.3) is 11.5 Å². The lowest BCUT2D eigenvalue weighted by atomic mass is 10.0. The lowest BCUT2D eigenvalue weighted by molar-refractivity contribution is 0.0729. The van der Waals surface area contributed by atoms with Crippen molar-refractivity contribution < 1.29 is 4.79 Å². The Bertz CT molecular complexity index is 933. The number of H-pyrrole nitrogens is 1. The number of aromatic amines is 1. The number of amides is 1. The van der Waals surface area contributed by atoms with Crippen LogP contribution in [0.5, 0.6) is 0 Å². The van der Waals surface area contributed by atoms with Gasteiger partial charge in [-0.2, -0.15) is 0 Å². The molecule has 0 aliphatic carbocycles. The number of likely N-dealkylation sites (tertiary alicyclic amines) is 1. The van der Waals surface area contributed by atoms with Crippen molar-refractivity contribution in [3.8, 4) is 0 Å². The van der Waals surface area contributed by atoms with Gasteiger partial charge in [0.1, 0.15) is 5.82 Å². The van der Waals surface area contributed by atoms with Crippen molar-refractivity contribution in [1.82, 2.24) is 19.8 Å². The molecule has 3 heterocycles. The van der Waals surface area contributed by atoms with Crippen LogP contribution in [0.15, 0.2) is 29.1 Å². The van der Waals surface area contributed by atoms with Gasteiger partial charge in [0, 0.05) is 37.7 Å². The summed E-state index contributed by atoms with van der Waals surface area (Å²) < 4.78 is 0. The summed E-state index contributed by atoms with van der Waals surface area (Å²) in [5.74, 6) is 0.647. The molecule has 0 saturated carbocycles. The van der Waals surface area contributed by atoms with E-state index < -0.39 is 0 Å². The molecule has 148 valence electrons. The molecule has 1 saturated heterocycles. The van der Waals surface area contributed by atoms with E-state index in [0.29, 0.717) is 30.5 Å². The van der Waals surface area contributed by atoms with Crippen molar-refractivity contribution in [3.63, 3.8) is 0 Å². The molecular formula is C22H28N4O2. The molecule has 28 heavy (non-hydrogen) atoms. The summed E-state index contributed by atoms with van der Waals surface area (Å²) in [5, 5.41) is 0. The van der Waals surface area contributed by atoms with Crippen LogP contribution in [-0.2, 0) is 13.0 Å². The first-order valence-electron chi connectivity index (χ1n) is 10.2. The molecule has 1 aromatic carbocycles. The normalized spacial score (nSPS) is 19.9. The Morgan fingerprint density at radius 2 is 1.96 bits per heavy atom. The van der Waals surface area contributed by atoms with Gasteiger partial charge in [0.05, 0.1) is 17.3 Å². The van der Waals surface area contributed by atoms with Crippen molar-refractivity contribution in [1.29, 1.82) is 0 Å². The van der Waals surface area contributed by atoms with Crippen molar-refractivity contribution in [3.05, 3.63) is 62.8 Å². The third-order valence-electron chi connectivity index (χ3n) is 5.97. The summed E-state index contributed by atoms with van der Waals surface area (Å²) in [6.07, 6.45) is 2.53. The number of hydrogen-bond donors (Lipinski definition) is 1. The van der Waals surface area contributed by atoms with E-state index in [-0.39, 0.29) is 17.5 Å². The van der Waals surface area contributed by atoms with E-state index in [4.69, 9.17) is 4.98 Å². The van der Waals surface area contributed by atoms with E-state index in [1.165, 1.54) is 0 Å². The van der Waals surface area contributed by atoms with Gasteiger partial charge in [0.15, 0.2) is 0 Å². The average Bonchev–Trinajstić information content (AvgIpc) is 3.17. The Morgan fingerprint density at radius 1 is 1.21 bits per heavy atom. The van der Waals surface area contributed by atoms with Crippen LogP contribution in [0.25, 0.3) is 0 Å². The number of aryl methyl sites for hydroxylation is 1. The second kappa shape index (κ2) is 7.51. The first-order chi connectivity index (χ1) is 13.4. The molecule has 1 N–H and O–H groups in total. The highest BCUT2D eigenvalue weighted by Gasteiger charge is 2.33. The number of rotatable bonds is 3. The van der Waals surface area contributed by atoms with Crippen molar-refractivity contribution in [2.45, 2.75) is 58.7 Å². The standard InChI is InChI=1S/C22H28N4O2/c1-14(2)25-12-10-18-17(13-25)21(27)24-20(23-18)19-5-4-11-26(19)22(28)16-8-6-15(3)7-9-16/h6-9,14,19H,4-5,10-13H2,1-3H3,(H,23,24,27)/t19-/m0/s1. The van der Waals surface area contributed by atoms with Crippen LogP contribution in [0, 0.1) is 6.92 Å². The first-order valence-corrected chi connectivity index (χ1v) is 10.2. The van der Waals surface area contributed by atoms with E-state index in [2.05, 4.69) is 23.7 Å². The van der Waals surface area contributed by atoms with Crippen molar-refractivity contribution in [2.24, 2.45) is 0 Å². The molecule has 2 aromatic rings. The number of nitrogens with zero attached hydrogens (tertiary/aromatic N) is 3. The zero-order valence-corrected chi connectivity index (χ0v) is 16.9. The molecule has 2 aliphatic heterocycles. The smallest absolute Gasteiger partial charge is 0.255 e. The van der Waals surface area contributed by atoms with E-state index in [1.807, 2.05) is 36.1 Å². The lowest BCUT2D eigenvalue weighted by Gasteiger charge is -2.31. The zero-order chi connectivity index (χ0) is 19.8. The topological polar surface area (TPSA) is 69.3 Å². The molecule has 6 nitrogen and oxygen atoms in total. The van der Waals surface area contributed by atoms with Crippen LogP contribution in [0.2, 0.25) is 0 Å². The number of nitrogens with one attached hydrogen (secondary N) is 1. The average molecular weight is 380 g/mol.